The Kier molecular flexibility index (Phi) is 5.94. The molecule has 0 amide bonds. The molecule has 2 aromatic rings. The molecule has 1 N–H and O–H groups in total. The summed E-state index contributed by atoms with van der Waals surface area (Å²) in [5, 5.41) is 19.2. The summed E-state index contributed by atoms with van der Waals surface area (Å²) in [6, 6.07) is 18.0. The lowest BCUT2D eigenvalue weighted by Gasteiger charge is -2.57. The van der Waals surface area contributed by atoms with E-state index in [1.54, 1.807) is 10.4 Å². The summed E-state index contributed by atoms with van der Waals surface area (Å²) in [6.45, 7) is 1.98. The van der Waals surface area contributed by atoms with Crippen LogP contribution in [-0.2, 0) is 10.0 Å². The van der Waals surface area contributed by atoms with Gasteiger partial charge in [0.05, 0.1) is 24.5 Å². The van der Waals surface area contributed by atoms with Crippen molar-refractivity contribution in [3.8, 4) is 17.2 Å². The van der Waals surface area contributed by atoms with Gasteiger partial charge in [-0.1, -0.05) is 36.4 Å². The third-order valence-electron chi connectivity index (χ3n) is 6.42. The summed E-state index contributed by atoms with van der Waals surface area (Å²) < 4.78 is 26.0. The number of fused-ring (bicyclic) bond motifs is 1. The minimum atomic E-state index is -3.25. The molecule has 0 bridgehead atoms. The fourth-order valence-electron chi connectivity index (χ4n) is 4.88. The molecule has 158 valence electrons. The van der Waals surface area contributed by atoms with Crippen molar-refractivity contribution in [2.45, 2.75) is 30.8 Å². The molecule has 0 aliphatic carbocycles. The van der Waals surface area contributed by atoms with Gasteiger partial charge in [0.15, 0.2) is 0 Å². The van der Waals surface area contributed by atoms with Crippen LogP contribution in [0.2, 0.25) is 0 Å². The number of aliphatic hydroxyl groups is 1. The zero-order chi connectivity index (χ0) is 21.3. The number of rotatable bonds is 4. The predicted octanol–water partition coefficient (Wildman–Crippen LogP) is 2.41. The Morgan fingerprint density at radius 1 is 1.10 bits per heavy atom. The van der Waals surface area contributed by atoms with Crippen LogP contribution in [0.1, 0.15) is 29.9 Å². The maximum absolute atomic E-state index is 12.2. The second kappa shape index (κ2) is 8.48. The van der Waals surface area contributed by atoms with E-state index in [1.807, 2.05) is 30.3 Å². The standard InChI is InChI=1S/C23H27N3O3S/c1-30(28,29)25-11-2-3-12-26-21(15-25)23(22(26)16-27)19-9-7-18(8-10-19)20-6-4-5-17(13-20)14-24/h4-10,13,21-23,27H,2-3,11-12,15-16H2,1H3/t21-,22+,23-/m0/s1. The highest BCUT2D eigenvalue weighted by atomic mass is 32.2. The van der Waals surface area contributed by atoms with Crippen molar-refractivity contribution >= 4 is 10.0 Å². The second-order valence-corrected chi connectivity index (χ2v) is 10.2. The Morgan fingerprint density at radius 3 is 2.50 bits per heavy atom. The molecule has 0 radical (unpaired) electrons. The number of sulfonamides is 1. The van der Waals surface area contributed by atoms with Gasteiger partial charge in [-0.3, -0.25) is 4.90 Å². The van der Waals surface area contributed by atoms with Crippen LogP contribution < -0.4 is 0 Å². The number of hydrogen-bond acceptors (Lipinski definition) is 5. The first-order chi connectivity index (χ1) is 14.4. The van der Waals surface area contributed by atoms with Gasteiger partial charge in [-0.05, 0) is 48.2 Å². The van der Waals surface area contributed by atoms with Gasteiger partial charge < -0.3 is 5.11 Å². The van der Waals surface area contributed by atoms with Gasteiger partial charge in [-0.2, -0.15) is 5.26 Å². The summed E-state index contributed by atoms with van der Waals surface area (Å²) >= 11 is 0. The Bertz CT molecular complexity index is 1050. The van der Waals surface area contributed by atoms with Crippen molar-refractivity contribution in [1.29, 1.82) is 5.26 Å². The first-order valence-corrected chi connectivity index (χ1v) is 12.2. The highest BCUT2D eigenvalue weighted by molar-refractivity contribution is 7.88. The van der Waals surface area contributed by atoms with Gasteiger partial charge in [-0.15, -0.1) is 0 Å². The summed E-state index contributed by atoms with van der Waals surface area (Å²) in [4.78, 5) is 2.27. The molecule has 0 unspecified atom stereocenters. The normalized spacial score (nSPS) is 25.4. The molecule has 2 heterocycles. The Labute approximate surface area is 178 Å². The van der Waals surface area contributed by atoms with E-state index in [0.717, 1.165) is 36.1 Å². The second-order valence-electron chi connectivity index (χ2n) is 8.22. The van der Waals surface area contributed by atoms with Gasteiger partial charge in [-0.25, -0.2) is 12.7 Å². The van der Waals surface area contributed by atoms with E-state index in [2.05, 4.69) is 23.1 Å². The van der Waals surface area contributed by atoms with Crippen LogP contribution in [0.15, 0.2) is 48.5 Å². The van der Waals surface area contributed by atoms with E-state index in [0.29, 0.717) is 18.7 Å². The van der Waals surface area contributed by atoms with Crippen LogP contribution in [-0.4, -0.2) is 67.3 Å². The van der Waals surface area contributed by atoms with Crippen molar-refractivity contribution in [2.75, 3.05) is 32.5 Å². The van der Waals surface area contributed by atoms with E-state index < -0.39 is 10.0 Å². The molecule has 0 spiro atoms. The van der Waals surface area contributed by atoms with E-state index in [4.69, 9.17) is 5.26 Å². The van der Waals surface area contributed by atoms with Crippen molar-refractivity contribution in [3.63, 3.8) is 0 Å². The molecule has 2 aliphatic rings. The van der Waals surface area contributed by atoms with Gasteiger partial charge in [0.2, 0.25) is 10.0 Å². The predicted molar refractivity (Wildman–Crippen MR) is 116 cm³/mol. The van der Waals surface area contributed by atoms with Crippen molar-refractivity contribution in [3.05, 3.63) is 59.7 Å². The molecule has 2 aromatic carbocycles. The summed E-state index contributed by atoms with van der Waals surface area (Å²) in [5.74, 6) is 0.0943. The lowest BCUT2D eigenvalue weighted by atomic mass is 9.74. The Hall–Kier alpha value is -2.24. The highest BCUT2D eigenvalue weighted by Gasteiger charge is 2.49. The Morgan fingerprint density at radius 2 is 1.83 bits per heavy atom. The van der Waals surface area contributed by atoms with E-state index in [1.165, 1.54) is 6.26 Å². The third kappa shape index (κ3) is 4.01. The molecule has 2 aliphatic heterocycles. The number of nitrogens with zero attached hydrogens (tertiary/aromatic N) is 3. The maximum Gasteiger partial charge on any atom is 0.211 e. The average Bonchev–Trinajstić information content (AvgIpc) is 2.72. The molecule has 0 saturated carbocycles. The summed E-state index contributed by atoms with van der Waals surface area (Å²) in [6.07, 6.45) is 3.05. The van der Waals surface area contributed by atoms with Crippen LogP contribution >= 0.6 is 0 Å². The fourth-order valence-corrected chi connectivity index (χ4v) is 5.76. The van der Waals surface area contributed by atoms with E-state index in [9.17, 15) is 13.5 Å². The van der Waals surface area contributed by atoms with E-state index >= 15 is 0 Å². The molecule has 2 fully saturated rings. The summed E-state index contributed by atoms with van der Waals surface area (Å²) in [5.41, 5.74) is 3.76. The number of aliphatic hydroxyl groups excluding tert-OH is 1. The molecule has 3 atom stereocenters. The summed E-state index contributed by atoms with van der Waals surface area (Å²) in [7, 11) is -3.25. The zero-order valence-corrected chi connectivity index (χ0v) is 17.9. The van der Waals surface area contributed by atoms with Crippen LogP contribution in [0.5, 0.6) is 0 Å². The molecule has 30 heavy (non-hydrogen) atoms. The van der Waals surface area contributed by atoms with Crippen LogP contribution in [0.3, 0.4) is 0 Å². The molecular weight excluding hydrogens is 398 g/mol. The molecule has 7 heteroatoms. The van der Waals surface area contributed by atoms with Gasteiger partial charge in [0, 0.05) is 31.1 Å². The molecule has 0 aromatic heterocycles. The fraction of sp³-hybridized carbons (Fsp3) is 0.435. The van der Waals surface area contributed by atoms with Crippen molar-refractivity contribution in [2.24, 2.45) is 0 Å². The highest BCUT2D eigenvalue weighted by Crippen LogP contribution is 2.42. The zero-order valence-electron chi connectivity index (χ0n) is 17.1. The lowest BCUT2D eigenvalue weighted by Crippen LogP contribution is -2.67. The minimum Gasteiger partial charge on any atom is -0.395 e. The SMILES string of the molecule is CS(=O)(=O)N1CCCCN2[C@H](CO)[C@@H](c3ccc(-c4cccc(C#N)c4)cc3)[C@@H]2C1. The van der Waals surface area contributed by atoms with Crippen LogP contribution in [0.25, 0.3) is 11.1 Å². The number of hydrogen-bond donors (Lipinski definition) is 1. The number of nitriles is 1. The first-order valence-electron chi connectivity index (χ1n) is 10.3. The monoisotopic (exact) mass is 425 g/mol. The first kappa shape index (κ1) is 21.0. The third-order valence-corrected chi connectivity index (χ3v) is 7.69. The smallest absolute Gasteiger partial charge is 0.211 e. The lowest BCUT2D eigenvalue weighted by molar-refractivity contribution is -0.0553. The van der Waals surface area contributed by atoms with Crippen LogP contribution in [0.4, 0.5) is 0 Å². The quantitative estimate of drug-likeness (QED) is 0.813. The van der Waals surface area contributed by atoms with E-state index in [-0.39, 0.29) is 24.6 Å². The van der Waals surface area contributed by atoms with Crippen molar-refractivity contribution in [1.82, 2.24) is 9.21 Å². The average molecular weight is 426 g/mol. The molecule has 6 nitrogen and oxygen atoms in total. The molecule has 2 saturated heterocycles. The minimum absolute atomic E-state index is 0.0160. The topological polar surface area (TPSA) is 84.6 Å². The van der Waals surface area contributed by atoms with Crippen LogP contribution in [0, 0.1) is 11.3 Å². The largest absolute Gasteiger partial charge is 0.395 e. The number of benzene rings is 2. The van der Waals surface area contributed by atoms with Gasteiger partial charge >= 0.3 is 0 Å². The molecule has 4 rings (SSSR count). The molecular formula is C23H27N3O3S. The maximum atomic E-state index is 12.2. The van der Waals surface area contributed by atoms with Gasteiger partial charge in [0.1, 0.15) is 0 Å². The van der Waals surface area contributed by atoms with Gasteiger partial charge in [0.25, 0.3) is 0 Å². The Balaban J connectivity index is 1.60. The van der Waals surface area contributed by atoms with Crippen molar-refractivity contribution < 1.29 is 13.5 Å².